The molecular weight excluding hydrogens is 210 g/mol. The second-order valence-electron chi connectivity index (χ2n) is 6.12. The van der Waals surface area contributed by atoms with Gasteiger partial charge in [0.15, 0.2) is 0 Å². The molecule has 0 atom stereocenters. The molecule has 0 fully saturated rings. The van der Waals surface area contributed by atoms with E-state index in [1.165, 1.54) is 11.1 Å². The van der Waals surface area contributed by atoms with Gasteiger partial charge in [-0.05, 0) is 45.2 Å². The summed E-state index contributed by atoms with van der Waals surface area (Å²) < 4.78 is 5.43. The zero-order valence-electron chi connectivity index (χ0n) is 11.7. The summed E-state index contributed by atoms with van der Waals surface area (Å²) in [4.78, 5) is 0. The molecule has 0 aliphatic heterocycles. The number of ether oxygens (including phenoxy) is 1. The van der Waals surface area contributed by atoms with Crippen LogP contribution < -0.4 is 5.73 Å². The van der Waals surface area contributed by atoms with Crippen molar-refractivity contribution in [3.8, 4) is 0 Å². The molecule has 1 aromatic carbocycles. The van der Waals surface area contributed by atoms with Gasteiger partial charge in [0.2, 0.25) is 0 Å². The minimum Gasteiger partial charge on any atom is -0.378 e. The smallest absolute Gasteiger partial charge is 0.0662 e. The number of methoxy groups -OCH3 is 1. The molecule has 96 valence electrons. The molecule has 0 aromatic heterocycles. The summed E-state index contributed by atoms with van der Waals surface area (Å²) in [5.41, 5.74) is 8.35. The molecular formula is C15H25NO. The minimum atomic E-state index is -0.146. The summed E-state index contributed by atoms with van der Waals surface area (Å²) >= 11 is 0. The fourth-order valence-electron chi connectivity index (χ4n) is 1.86. The molecule has 0 bridgehead atoms. The van der Waals surface area contributed by atoms with Gasteiger partial charge in [0.1, 0.15) is 0 Å². The average Bonchev–Trinajstić information content (AvgIpc) is 2.19. The average molecular weight is 235 g/mol. The van der Waals surface area contributed by atoms with Crippen molar-refractivity contribution in [2.45, 2.75) is 51.7 Å². The van der Waals surface area contributed by atoms with Gasteiger partial charge in [-0.2, -0.15) is 0 Å². The van der Waals surface area contributed by atoms with Crippen LogP contribution in [0.4, 0.5) is 0 Å². The van der Waals surface area contributed by atoms with Crippen LogP contribution in [0.5, 0.6) is 0 Å². The maximum absolute atomic E-state index is 6.01. The highest BCUT2D eigenvalue weighted by Gasteiger charge is 2.17. The lowest BCUT2D eigenvalue weighted by Gasteiger charge is -2.23. The highest BCUT2D eigenvalue weighted by atomic mass is 16.5. The first-order valence-electron chi connectivity index (χ1n) is 6.14. The predicted molar refractivity (Wildman–Crippen MR) is 73.2 cm³/mol. The van der Waals surface area contributed by atoms with Gasteiger partial charge in [-0.25, -0.2) is 0 Å². The first-order valence-corrected chi connectivity index (χ1v) is 6.14. The Hall–Kier alpha value is -0.860. The van der Waals surface area contributed by atoms with E-state index in [2.05, 4.69) is 52.0 Å². The Balaban J connectivity index is 2.69. The molecule has 17 heavy (non-hydrogen) atoms. The van der Waals surface area contributed by atoms with Crippen molar-refractivity contribution in [3.63, 3.8) is 0 Å². The minimum absolute atomic E-state index is 0.103. The molecule has 2 N–H and O–H groups in total. The molecule has 0 amide bonds. The van der Waals surface area contributed by atoms with E-state index < -0.39 is 0 Å². The van der Waals surface area contributed by atoms with Gasteiger partial charge >= 0.3 is 0 Å². The van der Waals surface area contributed by atoms with Crippen molar-refractivity contribution in [3.05, 3.63) is 35.4 Å². The van der Waals surface area contributed by atoms with E-state index in [-0.39, 0.29) is 11.1 Å². The SMILES string of the molecule is COC(C)(C)Cc1ccc(CC(C)(C)N)cc1. The van der Waals surface area contributed by atoms with Gasteiger partial charge < -0.3 is 10.5 Å². The van der Waals surface area contributed by atoms with Crippen molar-refractivity contribution in [2.75, 3.05) is 7.11 Å². The van der Waals surface area contributed by atoms with Crippen LogP contribution in [0.2, 0.25) is 0 Å². The molecule has 0 radical (unpaired) electrons. The highest BCUT2D eigenvalue weighted by Crippen LogP contribution is 2.17. The number of rotatable bonds is 5. The van der Waals surface area contributed by atoms with Gasteiger partial charge in [0.05, 0.1) is 5.60 Å². The van der Waals surface area contributed by atoms with Crippen molar-refractivity contribution in [2.24, 2.45) is 5.73 Å². The fraction of sp³-hybridized carbons (Fsp3) is 0.600. The van der Waals surface area contributed by atoms with Crippen molar-refractivity contribution < 1.29 is 4.74 Å². The fourth-order valence-corrected chi connectivity index (χ4v) is 1.86. The Morgan fingerprint density at radius 2 is 1.35 bits per heavy atom. The van der Waals surface area contributed by atoms with Gasteiger partial charge in [-0.15, -0.1) is 0 Å². The van der Waals surface area contributed by atoms with Crippen LogP contribution in [0.25, 0.3) is 0 Å². The summed E-state index contributed by atoms with van der Waals surface area (Å²) in [7, 11) is 1.76. The zero-order chi connectivity index (χ0) is 13.1. The number of benzene rings is 1. The molecule has 0 heterocycles. The van der Waals surface area contributed by atoms with E-state index in [0.717, 1.165) is 12.8 Å². The molecule has 0 saturated heterocycles. The summed E-state index contributed by atoms with van der Waals surface area (Å²) in [6.45, 7) is 8.30. The quantitative estimate of drug-likeness (QED) is 0.851. The standard InChI is InChI=1S/C15H25NO/c1-14(2,16)10-12-6-8-13(9-7-12)11-15(3,4)17-5/h6-9H,10-11,16H2,1-5H3. The van der Waals surface area contributed by atoms with Gasteiger partial charge in [0.25, 0.3) is 0 Å². The lowest BCUT2D eigenvalue weighted by atomic mass is 9.93. The maximum atomic E-state index is 6.01. The number of nitrogens with two attached hydrogens (primary N) is 1. The molecule has 0 aliphatic carbocycles. The Kier molecular flexibility index (Phi) is 4.34. The van der Waals surface area contributed by atoms with E-state index in [1.54, 1.807) is 7.11 Å². The molecule has 1 rings (SSSR count). The molecule has 0 spiro atoms. The molecule has 1 aromatic rings. The van der Waals surface area contributed by atoms with E-state index in [4.69, 9.17) is 10.5 Å². The van der Waals surface area contributed by atoms with Crippen LogP contribution >= 0.6 is 0 Å². The largest absolute Gasteiger partial charge is 0.378 e. The van der Waals surface area contributed by atoms with Crippen molar-refractivity contribution in [1.82, 2.24) is 0 Å². The van der Waals surface area contributed by atoms with Crippen LogP contribution in [0.1, 0.15) is 38.8 Å². The van der Waals surface area contributed by atoms with Gasteiger partial charge in [-0.3, -0.25) is 0 Å². The lowest BCUT2D eigenvalue weighted by molar-refractivity contribution is 0.0232. The Labute approximate surface area is 105 Å². The first kappa shape index (κ1) is 14.2. The number of hydrogen-bond donors (Lipinski definition) is 1. The topological polar surface area (TPSA) is 35.2 Å². The first-order chi connectivity index (χ1) is 7.72. The predicted octanol–water partition coefficient (Wildman–Crippen LogP) is 2.93. The van der Waals surface area contributed by atoms with Crippen LogP contribution in [-0.4, -0.2) is 18.2 Å². The maximum Gasteiger partial charge on any atom is 0.0662 e. The summed E-state index contributed by atoms with van der Waals surface area (Å²) in [5.74, 6) is 0. The van der Waals surface area contributed by atoms with Crippen LogP contribution in [0, 0.1) is 0 Å². The van der Waals surface area contributed by atoms with E-state index in [1.807, 2.05) is 0 Å². The Morgan fingerprint density at radius 3 is 1.71 bits per heavy atom. The van der Waals surface area contributed by atoms with Gasteiger partial charge in [0, 0.05) is 19.1 Å². The van der Waals surface area contributed by atoms with Crippen LogP contribution in [0.3, 0.4) is 0 Å². The Bertz CT molecular complexity index is 346. The monoisotopic (exact) mass is 235 g/mol. The van der Waals surface area contributed by atoms with E-state index in [0.29, 0.717) is 0 Å². The third-order valence-electron chi connectivity index (χ3n) is 2.87. The van der Waals surface area contributed by atoms with Crippen molar-refractivity contribution in [1.29, 1.82) is 0 Å². The molecule has 0 unspecified atom stereocenters. The Morgan fingerprint density at radius 1 is 0.941 bits per heavy atom. The highest BCUT2D eigenvalue weighted by molar-refractivity contribution is 5.24. The van der Waals surface area contributed by atoms with Crippen LogP contribution in [-0.2, 0) is 17.6 Å². The lowest BCUT2D eigenvalue weighted by Crippen LogP contribution is -2.34. The third kappa shape index (κ3) is 5.33. The normalized spacial score (nSPS) is 12.8. The summed E-state index contributed by atoms with van der Waals surface area (Å²) in [6.07, 6.45) is 1.83. The van der Waals surface area contributed by atoms with E-state index >= 15 is 0 Å². The molecule has 0 aliphatic rings. The summed E-state index contributed by atoms with van der Waals surface area (Å²) in [5, 5.41) is 0. The second-order valence-corrected chi connectivity index (χ2v) is 6.12. The molecule has 0 saturated carbocycles. The molecule has 2 nitrogen and oxygen atoms in total. The third-order valence-corrected chi connectivity index (χ3v) is 2.87. The van der Waals surface area contributed by atoms with Crippen LogP contribution in [0.15, 0.2) is 24.3 Å². The van der Waals surface area contributed by atoms with E-state index in [9.17, 15) is 0 Å². The zero-order valence-corrected chi connectivity index (χ0v) is 11.7. The molecule has 2 heteroatoms. The second kappa shape index (κ2) is 5.19. The summed E-state index contributed by atoms with van der Waals surface area (Å²) in [6, 6.07) is 8.66. The van der Waals surface area contributed by atoms with Crippen molar-refractivity contribution >= 4 is 0 Å². The number of hydrogen-bond acceptors (Lipinski definition) is 2. The van der Waals surface area contributed by atoms with Gasteiger partial charge in [-0.1, -0.05) is 24.3 Å².